The standard InChI is InChI=1S/C17H28F2N2O4/c1-15(2)10-5-7-16(15,3)11(9-10)21(14(24)25)8-4-6-17(20,12(18)19)13(22)23/h10-12H,4-9,20H2,1-3H3,(H,22,23)(H,24,25). The van der Waals surface area contributed by atoms with Crippen molar-refractivity contribution in [2.24, 2.45) is 22.5 Å². The second kappa shape index (κ2) is 6.37. The summed E-state index contributed by atoms with van der Waals surface area (Å²) in [7, 11) is 0. The average Bonchev–Trinajstić information content (AvgIpc) is 2.83. The zero-order valence-corrected chi connectivity index (χ0v) is 15.0. The fourth-order valence-electron chi connectivity index (χ4n) is 4.87. The van der Waals surface area contributed by atoms with Gasteiger partial charge in [-0.05, 0) is 48.9 Å². The van der Waals surface area contributed by atoms with Crippen LogP contribution in [-0.2, 0) is 4.79 Å². The van der Waals surface area contributed by atoms with Crippen LogP contribution in [0.25, 0.3) is 0 Å². The number of nitrogens with two attached hydrogens (primary N) is 1. The number of aliphatic carboxylic acids is 1. The van der Waals surface area contributed by atoms with E-state index in [9.17, 15) is 23.5 Å². The number of nitrogens with zero attached hydrogens (tertiary/aromatic N) is 1. The Balaban J connectivity index is 2.09. The van der Waals surface area contributed by atoms with Crippen LogP contribution in [-0.4, -0.2) is 51.7 Å². The molecule has 4 N–H and O–H groups in total. The zero-order valence-electron chi connectivity index (χ0n) is 15.0. The second-order valence-corrected chi connectivity index (χ2v) is 8.35. The van der Waals surface area contributed by atoms with Crippen LogP contribution in [0.4, 0.5) is 13.6 Å². The summed E-state index contributed by atoms with van der Waals surface area (Å²) >= 11 is 0. The van der Waals surface area contributed by atoms with Crippen molar-refractivity contribution in [3.63, 3.8) is 0 Å². The summed E-state index contributed by atoms with van der Waals surface area (Å²) in [5, 5.41) is 18.6. The van der Waals surface area contributed by atoms with Crippen molar-refractivity contribution in [2.45, 2.75) is 70.9 Å². The van der Waals surface area contributed by atoms with E-state index in [-0.39, 0.29) is 29.8 Å². The van der Waals surface area contributed by atoms with Crippen molar-refractivity contribution in [1.82, 2.24) is 4.90 Å². The van der Waals surface area contributed by atoms with Gasteiger partial charge in [-0.2, -0.15) is 0 Å². The monoisotopic (exact) mass is 362 g/mol. The van der Waals surface area contributed by atoms with Gasteiger partial charge in [0.1, 0.15) is 0 Å². The molecule has 2 saturated carbocycles. The molecule has 1 amide bonds. The molecule has 0 heterocycles. The summed E-state index contributed by atoms with van der Waals surface area (Å²) < 4.78 is 25.9. The molecule has 8 heteroatoms. The molecule has 0 aromatic carbocycles. The molecule has 2 aliphatic carbocycles. The van der Waals surface area contributed by atoms with Crippen LogP contribution in [0, 0.1) is 16.7 Å². The van der Waals surface area contributed by atoms with E-state index in [0.717, 1.165) is 19.3 Å². The van der Waals surface area contributed by atoms with Gasteiger partial charge in [0, 0.05) is 12.6 Å². The largest absolute Gasteiger partial charge is 0.480 e. The van der Waals surface area contributed by atoms with Crippen molar-refractivity contribution < 1.29 is 28.6 Å². The Morgan fingerprint density at radius 3 is 2.28 bits per heavy atom. The molecule has 0 radical (unpaired) electrons. The van der Waals surface area contributed by atoms with Gasteiger partial charge in [0.15, 0.2) is 5.54 Å². The van der Waals surface area contributed by atoms with E-state index in [2.05, 4.69) is 20.8 Å². The van der Waals surface area contributed by atoms with E-state index >= 15 is 0 Å². The predicted octanol–water partition coefficient (Wildman–Crippen LogP) is 3.01. The normalized spacial score (nSPS) is 32.6. The minimum atomic E-state index is -3.21. The van der Waals surface area contributed by atoms with Crippen LogP contribution in [0.5, 0.6) is 0 Å². The highest BCUT2D eigenvalue weighted by Crippen LogP contribution is 2.66. The van der Waals surface area contributed by atoms with E-state index in [1.807, 2.05) is 0 Å². The molecule has 0 aromatic heterocycles. The van der Waals surface area contributed by atoms with Gasteiger partial charge in [-0.1, -0.05) is 20.8 Å². The Labute approximate surface area is 146 Å². The van der Waals surface area contributed by atoms with Crippen molar-refractivity contribution in [3.8, 4) is 0 Å². The summed E-state index contributed by atoms with van der Waals surface area (Å²) in [4.78, 5) is 24.1. The summed E-state index contributed by atoms with van der Waals surface area (Å²) in [5.41, 5.74) is 2.54. The number of halogens is 2. The van der Waals surface area contributed by atoms with E-state index < -0.39 is 30.4 Å². The van der Waals surface area contributed by atoms with Crippen molar-refractivity contribution in [2.75, 3.05) is 6.54 Å². The number of rotatable bonds is 7. The molecule has 2 fully saturated rings. The maximum atomic E-state index is 13.0. The average molecular weight is 362 g/mol. The van der Waals surface area contributed by atoms with Gasteiger partial charge in [-0.15, -0.1) is 0 Å². The first-order valence-corrected chi connectivity index (χ1v) is 8.68. The molecule has 4 unspecified atom stereocenters. The van der Waals surface area contributed by atoms with Gasteiger partial charge in [0.05, 0.1) is 0 Å². The lowest BCUT2D eigenvalue weighted by atomic mass is 9.69. The molecule has 144 valence electrons. The van der Waals surface area contributed by atoms with Gasteiger partial charge in [-0.3, -0.25) is 0 Å². The molecule has 4 atom stereocenters. The molecule has 2 rings (SSSR count). The minimum Gasteiger partial charge on any atom is -0.480 e. The minimum absolute atomic E-state index is 0.0112. The van der Waals surface area contributed by atoms with Crippen LogP contribution >= 0.6 is 0 Å². The molecule has 0 aliphatic heterocycles. The lowest BCUT2D eigenvalue weighted by Gasteiger charge is -2.43. The number of carboxylic acid groups (broad SMARTS) is 2. The highest BCUT2D eigenvalue weighted by atomic mass is 19.3. The Kier molecular flexibility index (Phi) is 5.07. The van der Waals surface area contributed by atoms with Crippen LogP contribution in [0.3, 0.4) is 0 Å². The smallest absolute Gasteiger partial charge is 0.407 e. The van der Waals surface area contributed by atoms with E-state index in [4.69, 9.17) is 10.8 Å². The highest BCUT2D eigenvalue weighted by molar-refractivity contribution is 5.79. The Bertz CT molecular complexity index is 557. The van der Waals surface area contributed by atoms with Gasteiger partial charge in [0.25, 0.3) is 6.43 Å². The number of carbonyl (C=O) groups is 2. The first-order valence-electron chi connectivity index (χ1n) is 8.68. The number of alkyl halides is 2. The molecule has 0 aromatic rings. The summed E-state index contributed by atoms with van der Waals surface area (Å²) in [6.45, 7) is 6.44. The van der Waals surface area contributed by atoms with E-state index in [1.54, 1.807) is 0 Å². The number of hydrogen-bond donors (Lipinski definition) is 3. The molecule has 25 heavy (non-hydrogen) atoms. The third-order valence-electron chi connectivity index (χ3n) is 7.15. The fourth-order valence-corrected chi connectivity index (χ4v) is 4.87. The maximum Gasteiger partial charge on any atom is 0.407 e. The van der Waals surface area contributed by atoms with E-state index in [0.29, 0.717) is 5.92 Å². The number of carboxylic acids is 1. The van der Waals surface area contributed by atoms with Gasteiger partial charge >= 0.3 is 12.1 Å². The topological polar surface area (TPSA) is 104 Å². The third-order valence-corrected chi connectivity index (χ3v) is 7.15. The van der Waals surface area contributed by atoms with Gasteiger partial charge in [0.2, 0.25) is 0 Å². The highest BCUT2D eigenvalue weighted by Gasteiger charge is 2.63. The van der Waals surface area contributed by atoms with Crippen molar-refractivity contribution in [3.05, 3.63) is 0 Å². The Morgan fingerprint density at radius 2 is 1.92 bits per heavy atom. The molecule has 0 spiro atoms. The van der Waals surface area contributed by atoms with Crippen LogP contribution in [0.1, 0.15) is 52.9 Å². The number of amides is 1. The lowest BCUT2D eigenvalue weighted by molar-refractivity contribution is -0.150. The van der Waals surface area contributed by atoms with Crippen LogP contribution < -0.4 is 5.73 Å². The third kappa shape index (κ3) is 2.98. The lowest BCUT2D eigenvalue weighted by Crippen LogP contribution is -2.55. The quantitative estimate of drug-likeness (QED) is 0.646. The molecule has 2 bridgehead atoms. The van der Waals surface area contributed by atoms with Crippen molar-refractivity contribution in [1.29, 1.82) is 0 Å². The summed E-state index contributed by atoms with van der Waals surface area (Å²) in [6.07, 6.45) is -2.02. The molecular weight excluding hydrogens is 334 g/mol. The molecule has 2 aliphatic rings. The summed E-state index contributed by atoms with van der Waals surface area (Å²) in [5.74, 6) is -1.32. The molecule has 0 saturated heterocycles. The molecular formula is C17H28F2N2O4. The van der Waals surface area contributed by atoms with E-state index in [1.165, 1.54) is 4.90 Å². The van der Waals surface area contributed by atoms with Crippen LogP contribution in [0.15, 0.2) is 0 Å². The second-order valence-electron chi connectivity index (χ2n) is 8.35. The molecule has 6 nitrogen and oxygen atoms in total. The maximum absolute atomic E-state index is 13.0. The first-order chi connectivity index (χ1) is 11.4. The Hall–Kier alpha value is -1.44. The first kappa shape index (κ1) is 19.9. The Morgan fingerprint density at radius 1 is 1.32 bits per heavy atom. The number of hydrogen-bond acceptors (Lipinski definition) is 3. The summed E-state index contributed by atoms with van der Waals surface area (Å²) in [6, 6.07) is -0.178. The van der Waals surface area contributed by atoms with Gasteiger partial charge < -0.3 is 20.8 Å². The predicted molar refractivity (Wildman–Crippen MR) is 87.5 cm³/mol. The zero-order chi connectivity index (χ0) is 19.2. The van der Waals surface area contributed by atoms with Gasteiger partial charge in [-0.25, -0.2) is 18.4 Å². The van der Waals surface area contributed by atoms with Crippen molar-refractivity contribution >= 4 is 12.1 Å². The number of fused-ring (bicyclic) bond motifs is 2. The SMILES string of the molecule is CC1(C)C2CCC1(C)C(N(CCCC(N)(C(=O)O)C(F)F)C(=O)O)C2. The van der Waals surface area contributed by atoms with Crippen LogP contribution in [0.2, 0.25) is 0 Å². The fraction of sp³-hybridized carbons (Fsp3) is 0.882.